The molecule has 5 heteroatoms. The van der Waals surface area contributed by atoms with Crippen molar-refractivity contribution in [3.63, 3.8) is 0 Å². The van der Waals surface area contributed by atoms with E-state index in [2.05, 4.69) is 46.2 Å². The Kier molecular flexibility index (Phi) is 5.08. The Morgan fingerprint density at radius 1 is 1.30 bits per heavy atom. The minimum atomic E-state index is 0.466. The zero-order chi connectivity index (χ0) is 16.2. The van der Waals surface area contributed by atoms with Gasteiger partial charge in [0.15, 0.2) is 0 Å². The number of likely N-dealkylation sites (tertiary alicyclic amines) is 1. The van der Waals surface area contributed by atoms with Crippen molar-refractivity contribution in [3.8, 4) is 0 Å². The van der Waals surface area contributed by atoms with Crippen molar-refractivity contribution in [1.29, 1.82) is 0 Å². The van der Waals surface area contributed by atoms with E-state index in [9.17, 15) is 0 Å². The number of hydrogen-bond acceptors (Lipinski definition) is 4. The van der Waals surface area contributed by atoms with Gasteiger partial charge in [0, 0.05) is 50.3 Å². The van der Waals surface area contributed by atoms with Crippen LogP contribution in [0.25, 0.3) is 0 Å². The van der Waals surface area contributed by atoms with Gasteiger partial charge in [-0.1, -0.05) is 6.07 Å². The van der Waals surface area contributed by atoms with Crippen LogP contribution in [-0.4, -0.2) is 51.7 Å². The second-order valence-electron chi connectivity index (χ2n) is 6.83. The van der Waals surface area contributed by atoms with Crippen molar-refractivity contribution in [2.75, 3.05) is 27.2 Å². The largest absolute Gasteiger partial charge is 0.302 e. The zero-order valence-electron chi connectivity index (χ0n) is 14.4. The molecule has 0 amide bonds. The van der Waals surface area contributed by atoms with Gasteiger partial charge in [-0.2, -0.15) is 5.10 Å². The molecule has 0 radical (unpaired) electrons. The standard InChI is InChI=1S/C18H27N5/c1-21(12-15-6-4-8-19-10-15)13-16-7-5-9-22(2)18(16)17-11-20-23(3)14-17/h4,6,8,10-11,14,16,18H,5,7,9,12-13H2,1-3H3/t16-,18+/m0/s1. The molecule has 0 spiro atoms. The molecule has 1 aliphatic heterocycles. The van der Waals surface area contributed by atoms with E-state index in [1.54, 1.807) is 0 Å². The molecule has 3 heterocycles. The van der Waals surface area contributed by atoms with Gasteiger partial charge in [0.25, 0.3) is 0 Å². The van der Waals surface area contributed by atoms with E-state index >= 15 is 0 Å². The first kappa shape index (κ1) is 16.1. The molecule has 0 bridgehead atoms. The summed E-state index contributed by atoms with van der Waals surface area (Å²) >= 11 is 0. The van der Waals surface area contributed by atoms with Crippen molar-refractivity contribution >= 4 is 0 Å². The average molecular weight is 313 g/mol. The summed E-state index contributed by atoms with van der Waals surface area (Å²) in [6.45, 7) is 3.22. The maximum absolute atomic E-state index is 4.38. The second kappa shape index (κ2) is 7.23. The van der Waals surface area contributed by atoms with E-state index in [-0.39, 0.29) is 0 Å². The topological polar surface area (TPSA) is 37.2 Å². The number of nitrogens with zero attached hydrogens (tertiary/aromatic N) is 5. The van der Waals surface area contributed by atoms with Gasteiger partial charge >= 0.3 is 0 Å². The fraction of sp³-hybridized carbons (Fsp3) is 0.556. The summed E-state index contributed by atoms with van der Waals surface area (Å²) < 4.78 is 1.91. The predicted molar refractivity (Wildman–Crippen MR) is 91.9 cm³/mol. The van der Waals surface area contributed by atoms with Crippen LogP contribution in [0.3, 0.4) is 0 Å². The van der Waals surface area contributed by atoms with Gasteiger partial charge in [0.05, 0.1) is 6.20 Å². The quantitative estimate of drug-likeness (QED) is 0.849. The molecular formula is C18H27N5. The number of piperidine rings is 1. The van der Waals surface area contributed by atoms with Crippen LogP contribution in [0, 0.1) is 5.92 Å². The molecule has 2 aromatic rings. The van der Waals surface area contributed by atoms with E-state index in [4.69, 9.17) is 0 Å². The molecule has 23 heavy (non-hydrogen) atoms. The third-order valence-electron chi connectivity index (χ3n) is 4.79. The monoisotopic (exact) mass is 313 g/mol. The Hall–Kier alpha value is -1.72. The molecule has 2 aromatic heterocycles. The van der Waals surface area contributed by atoms with E-state index in [1.165, 1.54) is 30.5 Å². The molecule has 2 atom stereocenters. The maximum Gasteiger partial charge on any atom is 0.0537 e. The molecule has 1 fully saturated rings. The minimum absolute atomic E-state index is 0.466. The van der Waals surface area contributed by atoms with Gasteiger partial charge in [-0.25, -0.2) is 0 Å². The van der Waals surface area contributed by atoms with Crippen LogP contribution in [0.4, 0.5) is 0 Å². The highest BCUT2D eigenvalue weighted by Gasteiger charge is 2.31. The Balaban J connectivity index is 1.68. The minimum Gasteiger partial charge on any atom is -0.302 e. The van der Waals surface area contributed by atoms with Crippen molar-refractivity contribution in [1.82, 2.24) is 24.6 Å². The number of hydrogen-bond donors (Lipinski definition) is 0. The highest BCUT2D eigenvalue weighted by molar-refractivity contribution is 5.13. The number of aryl methyl sites for hydroxylation is 1. The second-order valence-corrected chi connectivity index (χ2v) is 6.83. The van der Waals surface area contributed by atoms with E-state index in [0.29, 0.717) is 12.0 Å². The fourth-order valence-electron chi connectivity index (χ4n) is 3.84. The number of rotatable bonds is 5. The molecule has 124 valence electrons. The van der Waals surface area contributed by atoms with Gasteiger partial charge in [0.2, 0.25) is 0 Å². The van der Waals surface area contributed by atoms with Crippen LogP contribution in [0.2, 0.25) is 0 Å². The van der Waals surface area contributed by atoms with E-state index < -0.39 is 0 Å². The van der Waals surface area contributed by atoms with Crippen molar-refractivity contribution < 1.29 is 0 Å². The van der Waals surface area contributed by atoms with Crippen molar-refractivity contribution in [2.45, 2.75) is 25.4 Å². The first-order valence-electron chi connectivity index (χ1n) is 8.39. The summed E-state index contributed by atoms with van der Waals surface area (Å²) in [6, 6.07) is 4.62. The Labute approximate surface area is 138 Å². The first-order chi connectivity index (χ1) is 11.1. The molecule has 1 aliphatic rings. The number of pyridine rings is 1. The summed E-state index contributed by atoms with van der Waals surface area (Å²) in [5.41, 5.74) is 2.62. The van der Waals surface area contributed by atoms with Crippen LogP contribution in [0.15, 0.2) is 36.9 Å². The molecule has 0 N–H and O–H groups in total. The molecule has 3 rings (SSSR count). The van der Waals surface area contributed by atoms with E-state index in [0.717, 1.165) is 13.1 Å². The van der Waals surface area contributed by atoms with Crippen molar-refractivity contribution in [2.24, 2.45) is 13.0 Å². The zero-order valence-corrected chi connectivity index (χ0v) is 14.4. The molecule has 0 aromatic carbocycles. The lowest BCUT2D eigenvalue weighted by atomic mass is 9.85. The lowest BCUT2D eigenvalue weighted by Crippen LogP contribution is -2.40. The summed E-state index contributed by atoms with van der Waals surface area (Å²) in [4.78, 5) is 9.13. The van der Waals surface area contributed by atoms with Crippen LogP contribution in [0.5, 0.6) is 0 Å². The van der Waals surface area contributed by atoms with Gasteiger partial charge < -0.3 is 4.90 Å². The normalized spacial score (nSPS) is 22.6. The van der Waals surface area contributed by atoms with Gasteiger partial charge in [-0.15, -0.1) is 0 Å². The summed E-state index contributed by atoms with van der Waals surface area (Å²) in [6.07, 6.45) is 10.5. The summed E-state index contributed by atoms with van der Waals surface area (Å²) in [7, 11) is 6.45. The highest BCUT2D eigenvalue weighted by Crippen LogP contribution is 2.35. The number of aromatic nitrogens is 3. The molecule has 1 saturated heterocycles. The van der Waals surface area contributed by atoms with Crippen molar-refractivity contribution in [3.05, 3.63) is 48.0 Å². The molecule has 0 saturated carbocycles. The SMILES string of the molecule is CN(Cc1cccnc1)C[C@@H]1CCCN(C)[C@H]1c1cnn(C)c1. The third-order valence-corrected chi connectivity index (χ3v) is 4.79. The van der Waals surface area contributed by atoms with Crippen LogP contribution in [-0.2, 0) is 13.6 Å². The van der Waals surface area contributed by atoms with Crippen LogP contribution >= 0.6 is 0 Å². The van der Waals surface area contributed by atoms with Crippen LogP contribution in [0.1, 0.15) is 30.0 Å². The Bertz CT molecular complexity index is 609. The Morgan fingerprint density at radius 2 is 2.17 bits per heavy atom. The van der Waals surface area contributed by atoms with Gasteiger partial charge in [-0.3, -0.25) is 14.6 Å². The first-order valence-corrected chi connectivity index (χ1v) is 8.39. The fourth-order valence-corrected chi connectivity index (χ4v) is 3.84. The predicted octanol–water partition coefficient (Wildman–Crippen LogP) is 2.33. The van der Waals surface area contributed by atoms with Gasteiger partial charge in [0.1, 0.15) is 0 Å². The van der Waals surface area contributed by atoms with Gasteiger partial charge in [-0.05, 0) is 51.0 Å². The maximum atomic E-state index is 4.38. The van der Waals surface area contributed by atoms with E-state index in [1.807, 2.05) is 36.4 Å². The average Bonchev–Trinajstić information content (AvgIpc) is 2.94. The lowest BCUT2D eigenvalue weighted by Gasteiger charge is -2.40. The Morgan fingerprint density at radius 3 is 2.87 bits per heavy atom. The molecule has 0 aliphatic carbocycles. The lowest BCUT2D eigenvalue weighted by molar-refractivity contribution is 0.0925. The van der Waals surface area contributed by atoms with Crippen LogP contribution < -0.4 is 0 Å². The summed E-state index contributed by atoms with van der Waals surface area (Å²) in [5, 5.41) is 4.38. The molecular weight excluding hydrogens is 286 g/mol. The third kappa shape index (κ3) is 3.98. The highest BCUT2D eigenvalue weighted by atomic mass is 15.3. The molecule has 5 nitrogen and oxygen atoms in total. The summed E-state index contributed by atoms with van der Waals surface area (Å²) in [5.74, 6) is 0.639. The molecule has 0 unspecified atom stereocenters. The smallest absolute Gasteiger partial charge is 0.0537 e.